The van der Waals surface area contributed by atoms with Crippen LogP contribution in [0.4, 0.5) is 4.39 Å². The number of carbonyl (C=O) groups excluding carboxylic acids is 1. The lowest BCUT2D eigenvalue weighted by atomic mass is 10.0. The van der Waals surface area contributed by atoms with Crippen molar-refractivity contribution in [3.63, 3.8) is 0 Å². The van der Waals surface area contributed by atoms with E-state index in [9.17, 15) is 14.0 Å². The van der Waals surface area contributed by atoms with Crippen LogP contribution in [0.2, 0.25) is 0 Å². The number of hydrogen-bond acceptors (Lipinski definition) is 3. The van der Waals surface area contributed by atoms with Gasteiger partial charge in [0.05, 0.1) is 24.3 Å². The number of benzene rings is 2. The molecule has 0 saturated carbocycles. The van der Waals surface area contributed by atoms with Gasteiger partial charge in [-0.25, -0.2) is 9.18 Å². The molecular weight excluding hydrogens is 325 g/mol. The Bertz CT molecular complexity index is 791. The minimum absolute atomic E-state index is 0.151. The van der Waals surface area contributed by atoms with Crippen LogP contribution in [0.3, 0.4) is 0 Å². The molecule has 132 valence electrons. The zero-order valence-corrected chi connectivity index (χ0v) is 14.3. The van der Waals surface area contributed by atoms with Gasteiger partial charge in [0.2, 0.25) is 0 Å². The van der Waals surface area contributed by atoms with Crippen molar-refractivity contribution in [1.29, 1.82) is 0 Å². The minimum Gasteiger partial charge on any atom is -0.497 e. The summed E-state index contributed by atoms with van der Waals surface area (Å²) in [4.78, 5) is 25.2. The van der Waals surface area contributed by atoms with Crippen molar-refractivity contribution in [1.82, 2.24) is 4.90 Å². The molecule has 2 aromatic rings. The van der Waals surface area contributed by atoms with E-state index in [1.165, 1.54) is 17.0 Å². The van der Waals surface area contributed by atoms with Gasteiger partial charge in [-0.05, 0) is 49.7 Å². The molecule has 0 spiro atoms. The van der Waals surface area contributed by atoms with Gasteiger partial charge in [-0.3, -0.25) is 4.79 Å². The van der Waals surface area contributed by atoms with Crippen LogP contribution in [-0.2, 0) is 0 Å². The number of nitrogens with zero attached hydrogens (tertiary/aromatic N) is 1. The maximum absolute atomic E-state index is 14.2. The number of carboxylic acid groups (broad SMARTS) is 1. The Morgan fingerprint density at radius 1 is 1.24 bits per heavy atom. The van der Waals surface area contributed by atoms with Crippen LogP contribution < -0.4 is 4.74 Å². The van der Waals surface area contributed by atoms with Crippen molar-refractivity contribution >= 4 is 11.9 Å². The zero-order chi connectivity index (χ0) is 18.6. The number of carbonyl (C=O) groups is 2. The molecule has 0 aliphatic carbocycles. The van der Waals surface area contributed by atoms with Crippen LogP contribution in [-0.4, -0.2) is 35.5 Å². The molecule has 5 nitrogen and oxygen atoms in total. The molecule has 2 rings (SSSR count). The Hall–Kier alpha value is -2.89. The van der Waals surface area contributed by atoms with Crippen molar-refractivity contribution in [2.75, 3.05) is 13.7 Å². The van der Waals surface area contributed by atoms with E-state index in [-0.39, 0.29) is 17.2 Å². The van der Waals surface area contributed by atoms with Gasteiger partial charge in [-0.2, -0.15) is 0 Å². The molecule has 6 heteroatoms. The summed E-state index contributed by atoms with van der Waals surface area (Å²) in [6, 6.07) is 10.3. The third-order valence-corrected chi connectivity index (χ3v) is 4.09. The maximum Gasteiger partial charge on any atom is 0.335 e. The Morgan fingerprint density at radius 3 is 2.52 bits per heavy atom. The smallest absolute Gasteiger partial charge is 0.335 e. The average Bonchev–Trinajstić information content (AvgIpc) is 2.61. The Morgan fingerprint density at radius 2 is 1.96 bits per heavy atom. The van der Waals surface area contributed by atoms with Crippen LogP contribution in [0.25, 0.3) is 0 Å². The first-order valence-electron chi connectivity index (χ1n) is 7.86. The van der Waals surface area contributed by atoms with E-state index in [1.807, 2.05) is 25.1 Å². The minimum atomic E-state index is -1.24. The van der Waals surface area contributed by atoms with E-state index in [0.717, 1.165) is 11.6 Å². The fraction of sp³-hybridized carbons (Fsp3) is 0.263. The van der Waals surface area contributed by atoms with E-state index in [1.54, 1.807) is 20.1 Å². The third-order valence-electron chi connectivity index (χ3n) is 4.09. The molecular formula is C19H20FNO4. The molecule has 0 aliphatic heterocycles. The summed E-state index contributed by atoms with van der Waals surface area (Å²) in [5.41, 5.74) is 0.511. The fourth-order valence-electron chi connectivity index (χ4n) is 2.65. The summed E-state index contributed by atoms with van der Waals surface area (Å²) in [7, 11) is 1.56. The van der Waals surface area contributed by atoms with Crippen LogP contribution in [0.15, 0.2) is 42.5 Å². The highest BCUT2D eigenvalue weighted by Gasteiger charge is 2.24. The van der Waals surface area contributed by atoms with Crippen LogP contribution >= 0.6 is 0 Å². The second kappa shape index (κ2) is 7.79. The molecule has 25 heavy (non-hydrogen) atoms. The average molecular weight is 345 g/mol. The summed E-state index contributed by atoms with van der Waals surface area (Å²) >= 11 is 0. The van der Waals surface area contributed by atoms with Crippen molar-refractivity contribution in [2.24, 2.45) is 0 Å². The number of amides is 1. The topological polar surface area (TPSA) is 66.8 Å². The number of aromatic carboxylic acids is 1. The van der Waals surface area contributed by atoms with Crippen molar-refractivity contribution < 1.29 is 23.8 Å². The molecule has 1 atom stereocenters. The number of ether oxygens (including phenoxy) is 1. The van der Waals surface area contributed by atoms with Crippen LogP contribution in [0.5, 0.6) is 5.75 Å². The van der Waals surface area contributed by atoms with Crippen molar-refractivity contribution in [3.05, 3.63) is 65.0 Å². The summed E-state index contributed by atoms with van der Waals surface area (Å²) in [5.74, 6) is -1.91. The SMILES string of the molecule is CCN(C(=O)c1ccc(C(=O)O)cc1F)C(C)c1cccc(OC)c1. The second-order valence-electron chi connectivity index (χ2n) is 5.54. The van der Waals surface area contributed by atoms with Crippen molar-refractivity contribution in [2.45, 2.75) is 19.9 Å². The fourth-order valence-corrected chi connectivity index (χ4v) is 2.65. The Labute approximate surface area is 145 Å². The van der Waals surface area contributed by atoms with Crippen LogP contribution in [0, 0.1) is 5.82 Å². The van der Waals surface area contributed by atoms with Gasteiger partial charge in [0.15, 0.2) is 0 Å². The molecule has 0 aliphatic rings. The lowest BCUT2D eigenvalue weighted by Crippen LogP contribution is -2.34. The predicted molar refractivity (Wildman–Crippen MR) is 91.5 cm³/mol. The van der Waals surface area contributed by atoms with Gasteiger partial charge >= 0.3 is 5.97 Å². The van der Waals surface area contributed by atoms with Gasteiger partial charge in [-0.1, -0.05) is 12.1 Å². The lowest BCUT2D eigenvalue weighted by Gasteiger charge is -2.29. The highest BCUT2D eigenvalue weighted by molar-refractivity contribution is 5.96. The molecule has 1 N–H and O–H groups in total. The Balaban J connectivity index is 2.33. The standard InChI is InChI=1S/C19H20FNO4/c1-4-21(12(2)13-6-5-7-15(10-13)25-3)18(22)16-9-8-14(19(23)24)11-17(16)20/h5-12H,4H2,1-3H3,(H,23,24). The maximum atomic E-state index is 14.2. The number of halogens is 1. The van der Waals surface area contributed by atoms with Crippen LogP contribution in [0.1, 0.15) is 46.2 Å². The van der Waals surface area contributed by atoms with Gasteiger partial charge in [0, 0.05) is 6.54 Å². The molecule has 0 saturated heterocycles. The summed E-state index contributed by atoms with van der Waals surface area (Å²) in [5, 5.41) is 8.91. The molecule has 2 aromatic carbocycles. The number of methoxy groups -OCH3 is 1. The molecule has 0 heterocycles. The van der Waals surface area contributed by atoms with E-state index >= 15 is 0 Å². The molecule has 0 radical (unpaired) electrons. The van der Waals surface area contributed by atoms with E-state index in [4.69, 9.17) is 9.84 Å². The van der Waals surface area contributed by atoms with E-state index in [0.29, 0.717) is 12.3 Å². The number of hydrogen-bond donors (Lipinski definition) is 1. The monoisotopic (exact) mass is 345 g/mol. The van der Waals surface area contributed by atoms with E-state index < -0.39 is 17.7 Å². The first kappa shape index (κ1) is 18.4. The first-order valence-corrected chi connectivity index (χ1v) is 7.86. The Kier molecular flexibility index (Phi) is 5.75. The number of carboxylic acids is 1. The quantitative estimate of drug-likeness (QED) is 0.866. The molecule has 1 unspecified atom stereocenters. The zero-order valence-electron chi connectivity index (χ0n) is 14.3. The number of rotatable bonds is 6. The van der Waals surface area contributed by atoms with Gasteiger partial charge in [-0.15, -0.1) is 0 Å². The first-order chi connectivity index (χ1) is 11.9. The molecule has 1 amide bonds. The predicted octanol–water partition coefficient (Wildman–Crippen LogP) is 3.76. The lowest BCUT2D eigenvalue weighted by molar-refractivity contribution is 0.0681. The van der Waals surface area contributed by atoms with E-state index in [2.05, 4.69) is 0 Å². The normalized spacial score (nSPS) is 11.7. The summed E-state index contributed by atoms with van der Waals surface area (Å²) < 4.78 is 19.4. The third kappa shape index (κ3) is 3.96. The highest BCUT2D eigenvalue weighted by atomic mass is 19.1. The molecule has 0 bridgehead atoms. The van der Waals surface area contributed by atoms with Gasteiger partial charge < -0.3 is 14.7 Å². The summed E-state index contributed by atoms with van der Waals surface area (Å²) in [6.07, 6.45) is 0. The summed E-state index contributed by atoms with van der Waals surface area (Å²) in [6.45, 7) is 4.02. The van der Waals surface area contributed by atoms with Gasteiger partial charge in [0.1, 0.15) is 11.6 Å². The second-order valence-corrected chi connectivity index (χ2v) is 5.54. The van der Waals surface area contributed by atoms with Gasteiger partial charge in [0.25, 0.3) is 5.91 Å². The highest BCUT2D eigenvalue weighted by Crippen LogP contribution is 2.26. The largest absolute Gasteiger partial charge is 0.497 e. The molecule has 0 aromatic heterocycles. The molecule has 0 fully saturated rings. The van der Waals surface area contributed by atoms with Crippen molar-refractivity contribution in [3.8, 4) is 5.75 Å².